The highest BCUT2D eigenvalue weighted by molar-refractivity contribution is 5.88. The Balaban J connectivity index is 2.75. The van der Waals surface area contributed by atoms with Crippen molar-refractivity contribution >= 4 is 11.9 Å². The monoisotopic (exact) mass is 236 g/mol. The molecule has 2 unspecified atom stereocenters. The van der Waals surface area contributed by atoms with E-state index in [0.717, 1.165) is 5.56 Å². The third kappa shape index (κ3) is 3.57. The Morgan fingerprint density at radius 1 is 1.35 bits per heavy atom. The minimum Gasteiger partial charge on any atom is -0.480 e. The minimum absolute atomic E-state index is 0.141. The van der Waals surface area contributed by atoms with Gasteiger partial charge < -0.3 is 16.2 Å². The molecule has 5 nitrogen and oxygen atoms in total. The fourth-order valence-electron chi connectivity index (χ4n) is 1.46. The molecule has 0 bridgehead atoms. The molecule has 0 aliphatic heterocycles. The number of rotatable bonds is 5. The number of hydrogen-bond donors (Lipinski definition) is 3. The number of nitrogens with one attached hydrogen (secondary N) is 1. The van der Waals surface area contributed by atoms with Crippen LogP contribution in [0, 0.1) is 0 Å². The Labute approximate surface area is 99.6 Å². The molecular weight excluding hydrogens is 220 g/mol. The lowest BCUT2D eigenvalue weighted by Gasteiger charge is -2.17. The van der Waals surface area contributed by atoms with E-state index in [-0.39, 0.29) is 12.5 Å². The van der Waals surface area contributed by atoms with Gasteiger partial charge in [-0.1, -0.05) is 30.3 Å². The lowest BCUT2D eigenvalue weighted by Crippen LogP contribution is -2.42. The van der Waals surface area contributed by atoms with Crippen molar-refractivity contribution in [1.29, 1.82) is 0 Å². The summed E-state index contributed by atoms with van der Waals surface area (Å²) in [6.45, 7) is 1.56. The molecule has 17 heavy (non-hydrogen) atoms. The molecule has 0 heterocycles. The summed E-state index contributed by atoms with van der Waals surface area (Å²) < 4.78 is 0. The Morgan fingerprint density at radius 3 is 2.41 bits per heavy atom. The topological polar surface area (TPSA) is 92.4 Å². The van der Waals surface area contributed by atoms with Gasteiger partial charge in [0.1, 0.15) is 6.04 Å². The molecule has 0 saturated carbocycles. The molecule has 0 aliphatic carbocycles. The van der Waals surface area contributed by atoms with Crippen LogP contribution < -0.4 is 11.1 Å². The predicted molar refractivity (Wildman–Crippen MR) is 63.5 cm³/mol. The third-order valence-corrected chi connectivity index (χ3v) is 2.48. The van der Waals surface area contributed by atoms with Crippen LogP contribution in [0.1, 0.15) is 18.4 Å². The second-order valence-electron chi connectivity index (χ2n) is 3.77. The highest BCUT2D eigenvalue weighted by Crippen LogP contribution is 2.14. The second-order valence-corrected chi connectivity index (χ2v) is 3.77. The smallest absolute Gasteiger partial charge is 0.325 e. The van der Waals surface area contributed by atoms with E-state index in [9.17, 15) is 9.59 Å². The Kier molecular flexibility index (Phi) is 4.66. The van der Waals surface area contributed by atoms with E-state index in [1.807, 2.05) is 18.2 Å². The molecule has 0 spiro atoms. The van der Waals surface area contributed by atoms with Crippen molar-refractivity contribution < 1.29 is 14.7 Å². The highest BCUT2D eigenvalue weighted by atomic mass is 16.4. The first-order chi connectivity index (χ1) is 8.06. The zero-order valence-electron chi connectivity index (χ0n) is 9.59. The number of aliphatic carboxylic acids is 1. The average molecular weight is 236 g/mol. The maximum Gasteiger partial charge on any atom is 0.325 e. The molecule has 0 fully saturated rings. The van der Waals surface area contributed by atoms with Crippen LogP contribution in [-0.2, 0) is 9.59 Å². The van der Waals surface area contributed by atoms with Gasteiger partial charge >= 0.3 is 5.97 Å². The number of benzene rings is 1. The standard InChI is InChI=1S/C12H16N2O3/c1-8(12(16)17)14-11(15)10(7-13)9-5-3-2-4-6-9/h2-6,8,10H,7,13H2,1H3,(H,14,15)(H,16,17). The van der Waals surface area contributed by atoms with Crippen molar-refractivity contribution in [2.75, 3.05) is 6.54 Å². The number of nitrogens with two attached hydrogens (primary N) is 1. The number of carbonyl (C=O) groups excluding carboxylic acids is 1. The SMILES string of the molecule is CC(NC(=O)C(CN)c1ccccc1)C(=O)O. The molecule has 1 aromatic carbocycles. The molecule has 5 heteroatoms. The molecule has 0 aliphatic rings. The summed E-state index contributed by atoms with van der Waals surface area (Å²) in [7, 11) is 0. The Bertz CT molecular complexity index is 392. The van der Waals surface area contributed by atoms with Gasteiger partial charge in [0.25, 0.3) is 0 Å². The lowest BCUT2D eigenvalue weighted by atomic mass is 9.98. The number of hydrogen-bond acceptors (Lipinski definition) is 3. The molecule has 1 aromatic rings. The van der Waals surface area contributed by atoms with E-state index < -0.39 is 17.9 Å². The van der Waals surface area contributed by atoms with Gasteiger partial charge in [-0.25, -0.2) is 0 Å². The van der Waals surface area contributed by atoms with Gasteiger partial charge in [-0.05, 0) is 12.5 Å². The summed E-state index contributed by atoms with van der Waals surface area (Å²) in [5.41, 5.74) is 6.33. The van der Waals surface area contributed by atoms with Gasteiger partial charge in [-0.2, -0.15) is 0 Å². The Hall–Kier alpha value is -1.88. The van der Waals surface area contributed by atoms with Crippen LogP contribution in [0.2, 0.25) is 0 Å². The van der Waals surface area contributed by atoms with Crippen molar-refractivity contribution in [3.8, 4) is 0 Å². The van der Waals surface area contributed by atoms with Gasteiger partial charge in [0.2, 0.25) is 5.91 Å². The van der Waals surface area contributed by atoms with Gasteiger partial charge in [0, 0.05) is 6.54 Å². The number of amides is 1. The predicted octanol–water partition coefficient (Wildman–Crippen LogP) is 0.318. The summed E-state index contributed by atoms with van der Waals surface area (Å²) in [6, 6.07) is 8.14. The minimum atomic E-state index is -1.07. The van der Waals surface area contributed by atoms with Crippen molar-refractivity contribution in [3.05, 3.63) is 35.9 Å². The van der Waals surface area contributed by atoms with Crippen LogP contribution in [0.15, 0.2) is 30.3 Å². The molecule has 0 saturated heterocycles. The van der Waals surface area contributed by atoms with E-state index in [1.165, 1.54) is 6.92 Å². The molecule has 1 rings (SSSR count). The number of carboxylic acids is 1. The first kappa shape index (κ1) is 13.2. The van der Waals surface area contributed by atoms with Crippen LogP contribution in [0.4, 0.5) is 0 Å². The zero-order valence-corrected chi connectivity index (χ0v) is 9.59. The summed E-state index contributed by atoms with van der Waals surface area (Å²) in [5, 5.41) is 11.1. The first-order valence-corrected chi connectivity index (χ1v) is 5.34. The van der Waals surface area contributed by atoms with E-state index in [1.54, 1.807) is 12.1 Å². The molecule has 92 valence electrons. The van der Waals surface area contributed by atoms with Crippen molar-refractivity contribution in [2.45, 2.75) is 18.9 Å². The summed E-state index contributed by atoms with van der Waals surface area (Å²) in [4.78, 5) is 22.5. The molecule has 0 radical (unpaired) electrons. The quantitative estimate of drug-likeness (QED) is 0.686. The summed E-state index contributed by atoms with van der Waals surface area (Å²) in [5.74, 6) is -1.95. The summed E-state index contributed by atoms with van der Waals surface area (Å²) in [6.07, 6.45) is 0. The molecule has 0 aromatic heterocycles. The molecule has 1 amide bonds. The van der Waals surface area contributed by atoms with Crippen LogP contribution >= 0.6 is 0 Å². The fourth-order valence-corrected chi connectivity index (χ4v) is 1.46. The maximum atomic E-state index is 11.8. The lowest BCUT2D eigenvalue weighted by molar-refractivity contribution is -0.141. The zero-order chi connectivity index (χ0) is 12.8. The largest absolute Gasteiger partial charge is 0.480 e. The van der Waals surface area contributed by atoms with Gasteiger partial charge in [0.05, 0.1) is 5.92 Å². The van der Waals surface area contributed by atoms with Crippen LogP contribution in [0.3, 0.4) is 0 Å². The van der Waals surface area contributed by atoms with Crippen molar-refractivity contribution in [3.63, 3.8) is 0 Å². The van der Waals surface area contributed by atoms with Crippen molar-refractivity contribution in [1.82, 2.24) is 5.32 Å². The third-order valence-electron chi connectivity index (χ3n) is 2.48. The van der Waals surface area contributed by atoms with E-state index in [4.69, 9.17) is 10.8 Å². The first-order valence-electron chi connectivity index (χ1n) is 5.34. The van der Waals surface area contributed by atoms with E-state index in [2.05, 4.69) is 5.32 Å². The fraction of sp³-hybridized carbons (Fsp3) is 0.333. The van der Waals surface area contributed by atoms with Gasteiger partial charge in [-0.3, -0.25) is 9.59 Å². The highest BCUT2D eigenvalue weighted by Gasteiger charge is 2.22. The second kappa shape index (κ2) is 6.00. The van der Waals surface area contributed by atoms with Crippen LogP contribution in [-0.4, -0.2) is 29.6 Å². The van der Waals surface area contributed by atoms with Crippen molar-refractivity contribution in [2.24, 2.45) is 5.73 Å². The molecule has 4 N–H and O–H groups in total. The van der Waals surface area contributed by atoms with E-state index >= 15 is 0 Å². The number of carboxylic acid groups (broad SMARTS) is 1. The van der Waals surface area contributed by atoms with Crippen LogP contribution in [0.5, 0.6) is 0 Å². The van der Waals surface area contributed by atoms with Crippen LogP contribution in [0.25, 0.3) is 0 Å². The summed E-state index contributed by atoms with van der Waals surface area (Å²) >= 11 is 0. The van der Waals surface area contributed by atoms with E-state index in [0.29, 0.717) is 0 Å². The van der Waals surface area contributed by atoms with Gasteiger partial charge in [0.15, 0.2) is 0 Å². The molecule has 2 atom stereocenters. The Morgan fingerprint density at radius 2 is 1.94 bits per heavy atom. The normalized spacial score (nSPS) is 13.8. The molecular formula is C12H16N2O3. The maximum absolute atomic E-state index is 11.8. The number of carbonyl (C=O) groups is 2. The average Bonchev–Trinajstić information content (AvgIpc) is 2.31. The van der Waals surface area contributed by atoms with Gasteiger partial charge in [-0.15, -0.1) is 0 Å².